The Labute approximate surface area is 146 Å². The number of rotatable bonds is 4. The van der Waals surface area contributed by atoms with Crippen LogP contribution in [-0.2, 0) is 6.54 Å². The average Bonchev–Trinajstić information content (AvgIpc) is 2.99. The van der Waals surface area contributed by atoms with E-state index in [1.165, 1.54) is 5.56 Å². The van der Waals surface area contributed by atoms with Crippen molar-refractivity contribution in [2.45, 2.75) is 20.4 Å². The molecule has 1 N–H and O–H groups in total. The van der Waals surface area contributed by atoms with Gasteiger partial charge in [0, 0.05) is 16.7 Å². The van der Waals surface area contributed by atoms with Crippen LogP contribution in [0.4, 0.5) is 5.82 Å². The number of hydrogen-bond acceptors (Lipinski definition) is 2. The number of halogens is 1. The summed E-state index contributed by atoms with van der Waals surface area (Å²) in [4.78, 5) is 12.5. The van der Waals surface area contributed by atoms with Crippen molar-refractivity contribution in [2.24, 2.45) is 0 Å². The SMILES string of the molecule is Cc1ccc(C(=O)Nc2ccnn2Cc2ccc(Cl)cc2)cc1C. The summed E-state index contributed by atoms with van der Waals surface area (Å²) in [5, 5.41) is 7.90. The van der Waals surface area contributed by atoms with E-state index in [2.05, 4.69) is 10.4 Å². The first-order valence-corrected chi connectivity index (χ1v) is 8.05. The minimum Gasteiger partial charge on any atom is -0.307 e. The van der Waals surface area contributed by atoms with Gasteiger partial charge in [-0.1, -0.05) is 29.8 Å². The Kier molecular flexibility index (Phi) is 4.67. The van der Waals surface area contributed by atoms with Crippen LogP contribution >= 0.6 is 11.6 Å². The smallest absolute Gasteiger partial charge is 0.256 e. The predicted octanol–water partition coefficient (Wildman–Crippen LogP) is 4.45. The molecule has 0 spiro atoms. The molecule has 0 bridgehead atoms. The van der Waals surface area contributed by atoms with Gasteiger partial charge in [0.05, 0.1) is 12.7 Å². The summed E-state index contributed by atoms with van der Waals surface area (Å²) in [5.41, 5.74) is 3.96. The first kappa shape index (κ1) is 16.3. The fraction of sp³-hybridized carbons (Fsp3) is 0.158. The van der Waals surface area contributed by atoms with Crippen molar-refractivity contribution in [3.05, 3.63) is 82.0 Å². The van der Waals surface area contributed by atoms with Crippen molar-refractivity contribution in [1.82, 2.24) is 9.78 Å². The molecule has 1 aromatic heterocycles. The largest absolute Gasteiger partial charge is 0.307 e. The van der Waals surface area contributed by atoms with Crippen molar-refractivity contribution in [1.29, 1.82) is 0 Å². The molecule has 2 aromatic carbocycles. The van der Waals surface area contributed by atoms with Gasteiger partial charge in [0.1, 0.15) is 5.82 Å². The van der Waals surface area contributed by atoms with Gasteiger partial charge in [-0.2, -0.15) is 5.10 Å². The Bertz CT molecular complexity index is 869. The molecule has 5 heteroatoms. The Morgan fingerprint density at radius 3 is 2.54 bits per heavy atom. The van der Waals surface area contributed by atoms with Crippen LogP contribution in [0.15, 0.2) is 54.7 Å². The zero-order chi connectivity index (χ0) is 17.1. The third-order valence-electron chi connectivity index (χ3n) is 3.97. The number of anilines is 1. The maximum absolute atomic E-state index is 12.5. The monoisotopic (exact) mass is 339 g/mol. The van der Waals surface area contributed by atoms with Crippen LogP contribution in [0, 0.1) is 13.8 Å². The van der Waals surface area contributed by atoms with E-state index in [0.717, 1.165) is 11.1 Å². The molecule has 0 radical (unpaired) electrons. The van der Waals surface area contributed by atoms with Gasteiger partial charge in [0.2, 0.25) is 0 Å². The molecule has 0 aliphatic heterocycles. The van der Waals surface area contributed by atoms with Crippen LogP contribution in [0.5, 0.6) is 0 Å². The predicted molar refractivity (Wildman–Crippen MR) is 96.7 cm³/mol. The first-order chi connectivity index (χ1) is 11.5. The van der Waals surface area contributed by atoms with Gasteiger partial charge in [-0.3, -0.25) is 4.79 Å². The number of benzene rings is 2. The molecule has 0 saturated heterocycles. The average molecular weight is 340 g/mol. The topological polar surface area (TPSA) is 46.9 Å². The summed E-state index contributed by atoms with van der Waals surface area (Å²) in [6.07, 6.45) is 1.67. The van der Waals surface area contributed by atoms with Gasteiger partial charge in [0.25, 0.3) is 5.91 Å². The number of nitrogens with zero attached hydrogens (tertiary/aromatic N) is 2. The second-order valence-electron chi connectivity index (χ2n) is 5.75. The molecule has 1 amide bonds. The number of carbonyl (C=O) groups is 1. The van der Waals surface area contributed by atoms with E-state index in [0.29, 0.717) is 22.9 Å². The fourth-order valence-electron chi connectivity index (χ4n) is 2.40. The normalized spacial score (nSPS) is 10.6. The highest BCUT2D eigenvalue weighted by molar-refractivity contribution is 6.30. The third-order valence-corrected chi connectivity index (χ3v) is 4.22. The van der Waals surface area contributed by atoms with E-state index in [1.807, 2.05) is 56.3 Å². The molecular weight excluding hydrogens is 322 g/mol. The Balaban J connectivity index is 1.76. The number of amides is 1. The Morgan fingerprint density at radius 1 is 1.08 bits per heavy atom. The van der Waals surface area contributed by atoms with Crippen molar-refractivity contribution in [2.75, 3.05) is 5.32 Å². The van der Waals surface area contributed by atoms with Crippen LogP contribution in [0.2, 0.25) is 5.02 Å². The van der Waals surface area contributed by atoms with Gasteiger partial charge in [-0.05, 0) is 54.8 Å². The van der Waals surface area contributed by atoms with E-state index in [1.54, 1.807) is 16.9 Å². The zero-order valence-electron chi connectivity index (χ0n) is 13.6. The molecule has 0 aliphatic rings. The molecule has 24 heavy (non-hydrogen) atoms. The number of nitrogens with one attached hydrogen (secondary N) is 1. The van der Waals surface area contributed by atoms with Gasteiger partial charge < -0.3 is 5.32 Å². The quantitative estimate of drug-likeness (QED) is 0.763. The van der Waals surface area contributed by atoms with E-state index >= 15 is 0 Å². The molecule has 0 saturated carbocycles. The minimum atomic E-state index is -0.143. The lowest BCUT2D eigenvalue weighted by atomic mass is 10.1. The van der Waals surface area contributed by atoms with Crippen LogP contribution in [-0.4, -0.2) is 15.7 Å². The highest BCUT2D eigenvalue weighted by Gasteiger charge is 2.10. The van der Waals surface area contributed by atoms with Gasteiger partial charge in [0.15, 0.2) is 0 Å². The highest BCUT2D eigenvalue weighted by atomic mass is 35.5. The second-order valence-corrected chi connectivity index (χ2v) is 6.19. The van der Waals surface area contributed by atoms with Gasteiger partial charge >= 0.3 is 0 Å². The molecule has 4 nitrogen and oxygen atoms in total. The summed E-state index contributed by atoms with van der Waals surface area (Å²) >= 11 is 5.91. The summed E-state index contributed by atoms with van der Waals surface area (Å²) in [7, 11) is 0. The van der Waals surface area contributed by atoms with Crippen LogP contribution in [0.25, 0.3) is 0 Å². The molecule has 122 valence electrons. The lowest BCUT2D eigenvalue weighted by molar-refractivity contribution is 0.102. The van der Waals surface area contributed by atoms with Crippen molar-refractivity contribution in [3.8, 4) is 0 Å². The van der Waals surface area contributed by atoms with E-state index < -0.39 is 0 Å². The lowest BCUT2D eigenvalue weighted by Crippen LogP contribution is -2.16. The van der Waals surface area contributed by atoms with E-state index in [9.17, 15) is 4.79 Å². The van der Waals surface area contributed by atoms with Crippen LogP contribution in [0.1, 0.15) is 27.0 Å². The Morgan fingerprint density at radius 2 is 1.83 bits per heavy atom. The van der Waals surface area contributed by atoms with Crippen molar-refractivity contribution >= 4 is 23.3 Å². The van der Waals surface area contributed by atoms with Gasteiger partial charge in [-0.25, -0.2) is 4.68 Å². The Hall–Kier alpha value is -2.59. The molecule has 3 aromatic rings. The summed E-state index contributed by atoms with van der Waals surface area (Å²) in [5.74, 6) is 0.518. The third kappa shape index (κ3) is 3.66. The van der Waals surface area contributed by atoms with Crippen molar-refractivity contribution < 1.29 is 4.79 Å². The summed E-state index contributed by atoms with van der Waals surface area (Å²) in [6.45, 7) is 4.59. The second kappa shape index (κ2) is 6.89. The van der Waals surface area contributed by atoms with Crippen LogP contribution < -0.4 is 5.32 Å². The molecule has 0 unspecified atom stereocenters. The maximum atomic E-state index is 12.5. The van der Waals surface area contributed by atoms with E-state index in [-0.39, 0.29) is 5.91 Å². The first-order valence-electron chi connectivity index (χ1n) is 7.68. The van der Waals surface area contributed by atoms with Gasteiger partial charge in [-0.15, -0.1) is 0 Å². The standard InChI is InChI=1S/C19H18ClN3O/c1-13-3-6-16(11-14(13)2)19(24)22-18-9-10-21-23(18)12-15-4-7-17(20)8-5-15/h3-11H,12H2,1-2H3,(H,22,24). The number of hydrogen-bond donors (Lipinski definition) is 1. The van der Waals surface area contributed by atoms with Crippen molar-refractivity contribution in [3.63, 3.8) is 0 Å². The fourth-order valence-corrected chi connectivity index (χ4v) is 2.52. The van der Waals surface area contributed by atoms with Crippen LogP contribution in [0.3, 0.4) is 0 Å². The maximum Gasteiger partial charge on any atom is 0.256 e. The summed E-state index contributed by atoms with van der Waals surface area (Å²) in [6, 6.07) is 15.0. The summed E-state index contributed by atoms with van der Waals surface area (Å²) < 4.78 is 1.75. The molecule has 0 atom stereocenters. The molecule has 3 rings (SSSR count). The number of carbonyl (C=O) groups excluding carboxylic acids is 1. The number of aryl methyl sites for hydroxylation is 2. The molecular formula is C19H18ClN3O. The number of aromatic nitrogens is 2. The molecule has 0 aliphatic carbocycles. The lowest BCUT2D eigenvalue weighted by Gasteiger charge is -2.10. The zero-order valence-corrected chi connectivity index (χ0v) is 14.3. The molecule has 0 fully saturated rings. The highest BCUT2D eigenvalue weighted by Crippen LogP contribution is 2.15. The minimum absolute atomic E-state index is 0.143. The van der Waals surface area contributed by atoms with E-state index in [4.69, 9.17) is 11.6 Å². The molecule has 1 heterocycles.